The van der Waals surface area contributed by atoms with Crippen molar-refractivity contribution in [2.45, 2.75) is 26.7 Å². The lowest BCUT2D eigenvalue weighted by atomic mass is 9.99. The number of hydrogen-bond donors (Lipinski definition) is 0. The Morgan fingerprint density at radius 2 is 2.07 bits per heavy atom. The topological polar surface area (TPSA) is 13.1 Å². The normalized spacial score (nSPS) is 11.9. The lowest BCUT2D eigenvalue weighted by Crippen LogP contribution is -1.86. The Balaban J connectivity index is 2.43. The van der Waals surface area contributed by atoms with Crippen molar-refractivity contribution in [1.29, 1.82) is 0 Å². The van der Waals surface area contributed by atoms with Crippen molar-refractivity contribution in [3.8, 4) is 0 Å². The molecule has 0 saturated heterocycles. The van der Waals surface area contributed by atoms with Gasteiger partial charge in [-0.2, -0.15) is 0 Å². The largest absolute Gasteiger partial charge is 0.456 e. The van der Waals surface area contributed by atoms with Gasteiger partial charge in [-0.1, -0.05) is 32.6 Å². The zero-order chi connectivity index (χ0) is 10.8. The summed E-state index contributed by atoms with van der Waals surface area (Å²) in [5, 5.41) is 0. The fourth-order valence-electron chi connectivity index (χ4n) is 1.95. The van der Waals surface area contributed by atoms with E-state index in [0.29, 0.717) is 0 Å². The molecule has 1 heteroatoms. The van der Waals surface area contributed by atoms with Gasteiger partial charge in [0.05, 0.1) is 0 Å². The van der Waals surface area contributed by atoms with E-state index in [4.69, 9.17) is 4.42 Å². The molecule has 0 aliphatic rings. The van der Waals surface area contributed by atoms with Crippen LogP contribution >= 0.6 is 0 Å². The van der Waals surface area contributed by atoms with E-state index in [0.717, 1.165) is 29.6 Å². The van der Waals surface area contributed by atoms with Gasteiger partial charge in [-0.05, 0) is 30.5 Å². The second kappa shape index (κ2) is 3.93. The summed E-state index contributed by atoms with van der Waals surface area (Å²) < 4.78 is 5.64. The number of allylic oxidation sites excluding steroid dienone is 3. The number of rotatable bonds is 4. The fourth-order valence-corrected chi connectivity index (χ4v) is 1.95. The summed E-state index contributed by atoms with van der Waals surface area (Å²) in [6, 6.07) is 4.06. The predicted octanol–water partition coefficient (Wildman–Crippen LogP) is 4.41. The Kier molecular flexibility index (Phi) is 2.63. The van der Waals surface area contributed by atoms with Crippen LogP contribution in [-0.2, 0) is 6.42 Å². The first-order valence-electron chi connectivity index (χ1n) is 5.47. The van der Waals surface area contributed by atoms with E-state index in [9.17, 15) is 0 Å². The van der Waals surface area contributed by atoms with Crippen LogP contribution in [0.5, 0.6) is 0 Å². The minimum Gasteiger partial charge on any atom is -0.456 e. The lowest BCUT2D eigenvalue weighted by molar-refractivity contribution is 0.672. The molecule has 1 nitrogen and oxygen atoms in total. The molecule has 2 aromatic rings. The third kappa shape index (κ3) is 1.58. The van der Waals surface area contributed by atoms with Crippen molar-refractivity contribution < 1.29 is 4.42 Å². The van der Waals surface area contributed by atoms with Crippen LogP contribution in [0.15, 0.2) is 35.3 Å². The average Bonchev–Trinajstić information content (AvgIpc) is 2.84. The maximum atomic E-state index is 5.64. The van der Waals surface area contributed by atoms with Crippen LogP contribution in [0.2, 0.25) is 0 Å². The quantitative estimate of drug-likeness (QED) is 0.666. The van der Waals surface area contributed by atoms with Crippen LogP contribution in [0, 0.1) is 0 Å². The third-order valence-electron chi connectivity index (χ3n) is 2.68. The molecule has 2 heterocycles. The monoisotopic (exact) mass is 200 g/mol. The summed E-state index contributed by atoms with van der Waals surface area (Å²) in [6.45, 7) is 8.37. The van der Waals surface area contributed by atoms with Crippen molar-refractivity contribution in [2.24, 2.45) is 0 Å². The standard InChI is InChI=1S/C14H16O/c1-4-6-7-10(3)14-11(5-2)12-8-9-13(14)15-12/h6-9H,3-5H2,1-2H3/b7-6-. The molecule has 0 saturated carbocycles. The summed E-state index contributed by atoms with van der Waals surface area (Å²) in [7, 11) is 0. The molecule has 2 rings (SSSR count). The highest BCUT2D eigenvalue weighted by molar-refractivity contribution is 5.89. The number of hydrogen-bond acceptors (Lipinski definition) is 1. The molecule has 0 N–H and O–H groups in total. The van der Waals surface area contributed by atoms with Gasteiger partial charge in [0.1, 0.15) is 11.2 Å². The van der Waals surface area contributed by atoms with Crippen molar-refractivity contribution in [3.05, 3.63) is 42.0 Å². The minimum atomic E-state index is 0.965. The molecular formula is C14H16O. The zero-order valence-electron chi connectivity index (χ0n) is 9.34. The lowest BCUT2D eigenvalue weighted by Gasteiger charge is -2.02. The van der Waals surface area contributed by atoms with Crippen LogP contribution < -0.4 is 0 Å². The van der Waals surface area contributed by atoms with Gasteiger partial charge in [0.25, 0.3) is 0 Å². The summed E-state index contributed by atoms with van der Waals surface area (Å²) in [5.74, 6) is 0. The first-order chi connectivity index (χ1) is 7.27. The highest BCUT2D eigenvalue weighted by Gasteiger charge is 2.15. The molecule has 2 bridgehead atoms. The van der Waals surface area contributed by atoms with Gasteiger partial charge in [0, 0.05) is 11.1 Å². The van der Waals surface area contributed by atoms with Crippen molar-refractivity contribution >= 4 is 16.7 Å². The smallest absolute Gasteiger partial charge is 0.135 e. The molecule has 0 spiro atoms. The van der Waals surface area contributed by atoms with Crippen molar-refractivity contribution in [2.75, 3.05) is 0 Å². The van der Waals surface area contributed by atoms with E-state index in [1.807, 2.05) is 12.1 Å². The van der Waals surface area contributed by atoms with Crippen LogP contribution in [0.3, 0.4) is 0 Å². The zero-order valence-corrected chi connectivity index (χ0v) is 9.34. The molecule has 0 aliphatic heterocycles. The van der Waals surface area contributed by atoms with Gasteiger partial charge in [-0.15, -0.1) is 0 Å². The average molecular weight is 200 g/mol. The van der Waals surface area contributed by atoms with Gasteiger partial charge < -0.3 is 4.42 Å². The van der Waals surface area contributed by atoms with Gasteiger partial charge in [-0.3, -0.25) is 0 Å². The summed E-state index contributed by atoms with van der Waals surface area (Å²) >= 11 is 0. The third-order valence-corrected chi connectivity index (χ3v) is 2.68. The highest BCUT2D eigenvalue weighted by Crippen LogP contribution is 2.34. The Labute approximate surface area is 90.4 Å². The second-order valence-electron chi connectivity index (χ2n) is 3.71. The molecular weight excluding hydrogens is 184 g/mol. The van der Waals surface area contributed by atoms with Gasteiger partial charge in [-0.25, -0.2) is 0 Å². The highest BCUT2D eigenvalue weighted by atomic mass is 16.3. The van der Waals surface area contributed by atoms with Crippen molar-refractivity contribution in [1.82, 2.24) is 0 Å². The Bertz CT molecular complexity index is 488. The molecule has 0 aromatic carbocycles. The molecule has 0 unspecified atom stereocenters. The minimum absolute atomic E-state index is 0.965. The molecule has 0 amide bonds. The molecule has 2 aromatic heterocycles. The molecule has 0 fully saturated rings. The van der Waals surface area contributed by atoms with Gasteiger partial charge >= 0.3 is 0 Å². The van der Waals surface area contributed by atoms with E-state index < -0.39 is 0 Å². The molecule has 0 atom stereocenters. The predicted molar refractivity (Wildman–Crippen MR) is 65.2 cm³/mol. The van der Waals surface area contributed by atoms with Crippen LogP contribution in [-0.4, -0.2) is 0 Å². The van der Waals surface area contributed by atoms with Crippen molar-refractivity contribution in [3.63, 3.8) is 0 Å². The van der Waals surface area contributed by atoms with E-state index in [2.05, 4.69) is 32.6 Å². The number of aryl methyl sites for hydroxylation is 1. The first kappa shape index (κ1) is 10.0. The van der Waals surface area contributed by atoms with E-state index in [1.54, 1.807) is 0 Å². The molecule has 78 valence electrons. The van der Waals surface area contributed by atoms with E-state index in [1.165, 1.54) is 11.1 Å². The molecule has 0 aliphatic carbocycles. The summed E-state index contributed by atoms with van der Waals surface area (Å²) in [5.41, 5.74) is 5.52. The number of benzene rings is 1. The summed E-state index contributed by atoms with van der Waals surface area (Å²) in [4.78, 5) is 0. The molecule has 0 radical (unpaired) electrons. The number of fused-ring (bicyclic) bond motifs is 2. The van der Waals surface area contributed by atoms with E-state index in [-0.39, 0.29) is 0 Å². The Morgan fingerprint density at radius 1 is 1.33 bits per heavy atom. The van der Waals surface area contributed by atoms with E-state index >= 15 is 0 Å². The SMILES string of the molecule is C=C(/C=C\CC)c1c(CC)c2ccc1o2. The first-order valence-corrected chi connectivity index (χ1v) is 5.47. The van der Waals surface area contributed by atoms with Gasteiger partial charge in [0.2, 0.25) is 0 Å². The summed E-state index contributed by atoms with van der Waals surface area (Å²) in [6.07, 6.45) is 6.24. The fraction of sp³-hybridized carbons (Fsp3) is 0.286. The number of furan rings is 2. The molecule has 15 heavy (non-hydrogen) atoms. The van der Waals surface area contributed by atoms with Crippen LogP contribution in [0.1, 0.15) is 31.4 Å². The maximum absolute atomic E-state index is 5.64. The van der Waals surface area contributed by atoms with Crippen LogP contribution in [0.25, 0.3) is 16.7 Å². The Morgan fingerprint density at radius 3 is 2.73 bits per heavy atom. The van der Waals surface area contributed by atoms with Crippen LogP contribution in [0.4, 0.5) is 0 Å². The second-order valence-corrected chi connectivity index (χ2v) is 3.71. The maximum Gasteiger partial charge on any atom is 0.135 e. The van der Waals surface area contributed by atoms with Gasteiger partial charge in [0.15, 0.2) is 0 Å². The Hall–Kier alpha value is -1.50.